The van der Waals surface area contributed by atoms with Crippen LogP contribution in [-0.4, -0.2) is 0 Å². The molecule has 4 nitrogen and oxygen atoms in total. The van der Waals surface area contributed by atoms with Crippen LogP contribution in [0.4, 0.5) is 0 Å². The molecule has 0 fully saturated rings. The third kappa shape index (κ3) is 1.44. The van der Waals surface area contributed by atoms with E-state index in [0.717, 1.165) is 12.1 Å². The molecule has 0 saturated carbocycles. The molecule has 0 spiro atoms. The van der Waals surface area contributed by atoms with E-state index in [9.17, 15) is 4.79 Å². The van der Waals surface area contributed by atoms with Gasteiger partial charge in [-0.05, 0) is 0 Å². The Morgan fingerprint density at radius 3 is 2.00 bits per heavy atom. The minimum absolute atomic E-state index is 0.144. The highest BCUT2D eigenvalue weighted by Gasteiger charge is 1.98. The van der Waals surface area contributed by atoms with E-state index in [4.69, 9.17) is 10.5 Å². The van der Waals surface area contributed by atoms with Crippen LogP contribution in [0.1, 0.15) is 11.5 Å². The molecule has 0 unspecified atom stereocenters. The molecule has 0 N–H and O–H groups in total. The van der Waals surface area contributed by atoms with Crippen molar-refractivity contribution in [3.8, 4) is 12.1 Å². The highest BCUT2D eigenvalue weighted by molar-refractivity contribution is 5.23. The lowest BCUT2D eigenvalue weighted by Gasteiger charge is -1.86. The van der Waals surface area contributed by atoms with Gasteiger partial charge < -0.3 is 4.42 Å². The van der Waals surface area contributed by atoms with Crippen LogP contribution in [0, 0.1) is 22.7 Å². The van der Waals surface area contributed by atoms with Crippen molar-refractivity contribution in [1.29, 1.82) is 10.5 Å². The molecule has 1 aromatic heterocycles. The highest BCUT2D eigenvalue weighted by Crippen LogP contribution is 1.97. The molecular formula is C7H2N2O2. The van der Waals surface area contributed by atoms with E-state index >= 15 is 0 Å². The van der Waals surface area contributed by atoms with Crippen molar-refractivity contribution in [2.24, 2.45) is 0 Å². The lowest BCUT2D eigenvalue weighted by atomic mass is 10.3. The van der Waals surface area contributed by atoms with E-state index in [1.54, 1.807) is 12.1 Å². The van der Waals surface area contributed by atoms with Crippen LogP contribution < -0.4 is 5.43 Å². The molecule has 11 heavy (non-hydrogen) atoms. The first-order valence-corrected chi connectivity index (χ1v) is 2.71. The van der Waals surface area contributed by atoms with Gasteiger partial charge in [0.1, 0.15) is 12.1 Å². The van der Waals surface area contributed by atoms with Crippen LogP contribution in [-0.2, 0) is 0 Å². The SMILES string of the molecule is N#Cc1cc(=O)cc(C#N)o1. The van der Waals surface area contributed by atoms with Crippen LogP contribution >= 0.6 is 0 Å². The largest absolute Gasteiger partial charge is 0.435 e. The van der Waals surface area contributed by atoms with Crippen LogP contribution in [0.25, 0.3) is 0 Å². The van der Waals surface area contributed by atoms with Gasteiger partial charge in [0.2, 0.25) is 11.5 Å². The molecule has 0 bridgehead atoms. The van der Waals surface area contributed by atoms with E-state index in [2.05, 4.69) is 4.42 Å². The molecule has 0 aliphatic heterocycles. The fourth-order valence-corrected chi connectivity index (χ4v) is 0.588. The predicted octanol–water partition coefficient (Wildman–Crippen LogP) is 0.383. The second-order valence-corrected chi connectivity index (χ2v) is 1.75. The van der Waals surface area contributed by atoms with Crippen molar-refractivity contribution in [1.82, 2.24) is 0 Å². The predicted molar refractivity (Wildman–Crippen MR) is 34.4 cm³/mol. The Hall–Kier alpha value is -2.07. The van der Waals surface area contributed by atoms with Gasteiger partial charge in [-0.15, -0.1) is 0 Å². The van der Waals surface area contributed by atoms with Gasteiger partial charge in [-0.25, -0.2) is 0 Å². The molecule has 1 rings (SSSR count). The molecule has 0 aromatic carbocycles. The average Bonchev–Trinajstić information content (AvgIpc) is 2.03. The van der Waals surface area contributed by atoms with Crippen LogP contribution in [0.5, 0.6) is 0 Å². The Balaban J connectivity index is 3.41. The summed E-state index contributed by atoms with van der Waals surface area (Å²) in [5.41, 5.74) is -0.399. The van der Waals surface area contributed by atoms with Crippen molar-refractivity contribution in [3.05, 3.63) is 33.9 Å². The van der Waals surface area contributed by atoms with Gasteiger partial charge >= 0.3 is 0 Å². The minimum Gasteiger partial charge on any atom is -0.435 e. The molecule has 0 saturated heterocycles. The summed E-state index contributed by atoms with van der Waals surface area (Å²) in [5.74, 6) is -0.289. The monoisotopic (exact) mass is 146 g/mol. The average molecular weight is 146 g/mol. The van der Waals surface area contributed by atoms with E-state index < -0.39 is 5.43 Å². The quantitative estimate of drug-likeness (QED) is 0.530. The Morgan fingerprint density at radius 1 is 1.18 bits per heavy atom. The van der Waals surface area contributed by atoms with Gasteiger partial charge in [-0.1, -0.05) is 0 Å². The van der Waals surface area contributed by atoms with Crippen molar-refractivity contribution in [2.75, 3.05) is 0 Å². The lowest BCUT2D eigenvalue weighted by molar-refractivity contribution is 0.519. The molecule has 1 aromatic rings. The number of hydrogen-bond acceptors (Lipinski definition) is 4. The maximum Gasteiger partial charge on any atom is 0.209 e. The highest BCUT2D eigenvalue weighted by atomic mass is 16.3. The zero-order valence-electron chi connectivity index (χ0n) is 5.37. The number of hydrogen-bond donors (Lipinski definition) is 0. The first-order valence-electron chi connectivity index (χ1n) is 2.71. The zero-order valence-corrected chi connectivity index (χ0v) is 5.37. The summed E-state index contributed by atoms with van der Waals surface area (Å²) in [6.45, 7) is 0. The number of nitrogens with zero attached hydrogens (tertiary/aromatic N) is 2. The Kier molecular flexibility index (Phi) is 1.71. The number of rotatable bonds is 0. The van der Waals surface area contributed by atoms with Crippen LogP contribution in [0.3, 0.4) is 0 Å². The first kappa shape index (κ1) is 7.04. The lowest BCUT2D eigenvalue weighted by Crippen LogP contribution is -1.98. The normalized spacial score (nSPS) is 8.18. The second kappa shape index (κ2) is 2.68. The van der Waals surface area contributed by atoms with Gasteiger partial charge in [0.05, 0.1) is 0 Å². The summed E-state index contributed by atoms with van der Waals surface area (Å²) in [4.78, 5) is 10.7. The maximum absolute atomic E-state index is 10.7. The standard InChI is InChI=1S/C7H2N2O2/c8-3-6-1-5(10)2-7(4-9)11-6/h1-2H. The van der Waals surface area contributed by atoms with Crippen LogP contribution in [0.15, 0.2) is 21.3 Å². The molecule has 1 heterocycles. The van der Waals surface area contributed by atoms with E-state index in [-0.39, 0.29) is 11.5 Å². The van der Waals surface area contributed by atoms with Crippen molar-refractivity contribution in [2.45, 2.75) is 0 Å². The third-order valence-electron chi connectivity index (χ3n) is 0.987. The molecule has 0 aliphatic carbocycles. The molecular weight excluding hydrogens is 144 g/mol. The fraction of sp³-hybridized carbons (Fsp3) is 0. The summed E-state index contributed by atoms with van der Waals surface area (Å²) in [5, 5.41) is 16.6. The Morgan fingerprint density at radius 2 is 1.64 bits per heavy atom. The maximum atomic E-state index is 10.7. The second-order valence-electron chi connectivity index (χ2n) is 1.75. The Bertz CT molecular complexity index is 370. The zero-order chi connectivity index (χ0) is 8.27. The summed E-state index contributed by atoms with van der Waals surface area (Å²) >= 11 is 0. The van der Waals surface area contributed by atoms with E-state index in [0.29, 0.717) is 0 Å². The summed E-state index contributed by atoms with van der Waals surface area (Å²) in [7, 11) is 0. The molecule has 52 valence electrons. The van der Waals surface area contributed by atoms with Gasteiger partial charge in [0.25, 0.3) is 0 Å². The first-order chi connectivity index (χ1) is 5.26. The smallest absolute Gasteiger partial charge is 0.209 e. The van der Waals surface area contributed by atoms with E-state index in [1.807, 2.05) is 0 Å². The summed E-state index contributed by atoms with van der Waals surface area (Å²) in [6, 6.07) is 5.31. The van der Waals surface area contributed by atoms with Crippen molar-refractivity contribution in [3.63, 3.8) is 0 Å². The van der Waals surface area contributed by atoms with Gasteiger partial charge in [-0.2, -0.15) is 10.5 Å². The molecule has 0 amide bonds. The molecule has 0 aliphatic rings. The fourth-order valence-electron chi connectivity index (χ4n) is 0.588. The topological polar surface area (TPSA) is 77.8 Å². The van der Waals surface area contributed by atoms with Gasteiger partial charge in [0, 0.05) is 12.1 Å². The third-order valence-corrected chi connectivity index (χ3v) is 0.987. The van der Waals surface area contributed by atoms with Crippen LogP contribution in [0.2, 0.25) is 0 Å². The molecule has 0 radical (unpaired) electrons. The van der Waals surface area contributed by atoms with Crippen molar-refractivity contribution >= 4 is 0 Å². The molecule has 0 atom stereocenters. The molecule has 4 heteroatoms. The summed E-state index contributed by atoms with van der Waals surface area (Å²) < 4.78 is 4.63. The van der Waals surface area contributed by atoms with Crippen molar-refractivity contribution < 1.29 is 4.42 Å². The number of nitriles is 2. The van der Waals surface area contributed by atoms with E-state index in [1.165, 1.54) is 0 Å². The Labute approximate surface area is 61.9 Å². The van der Waals surface area contributed by atoms with Gasteiger partial charge in [-0.3, -0.25) is 4.79 Å². The minimum atomic E-state index is -0.399. The van der Waals surface area contributed by atoms with Gasteiger partial charge in [0.15, 0.2) is 5.43 Å². The summed E-state index contributed by atoms with van der Waals surface area (Å²) in [6.07, 6.45) is 0.